The molecule has 1 aromatic carbocycles. The van der Waals surface area contributed by atoms with Crippen molar-refractivity contribution in [3.05, 3.63) is 29.8 Å². The summed E-state index contributed by atoms with van der Waals surface area (Å²) in [6, 6.07) is 8.77. The van der Waals surface area contributed by atoms with Gasteiger partial charge < -0.3 is 15.4 Å². The standard InChI is InChI=1S/C16H28N2O/c1-5-9-17-11-14(4)18-12-15-7-6-8-16(10-15)19-13(2)3/h6-8,10,13-14,17-18H,5,9,11-12H2,1-4H3. The topological polar surface area (TPSA) is 33.3 Å². The minimum atomic E-state index is 0.223. The Bertz CT molecular complexity index is 352. The molecule has 0 aliphatic carbocycles. The van der Waals surface area contributed by atoms with Crippen LogP contribution in [0.3, 0.4) is 0 Å². The molecule has 2 N–H and O–H groups in total. The Morgan fingerprint density at radius 3 is 2.68 bits per heavy atom. The monoisotopic (exact) mass is 264 g/mol. The second kappa shape index (κ2) is 8.94. The van der Waals surface area contributed by atoms with Crippen molar-refractivity contribution < 1.29 is 4.74 Å². The van der Waals surface area contributed by atoms with Gasteiger partial charge in [0.05, 0.1) is 6.10 Å². The zero-order valence-electron chi connectivity index (χ0n) is 12.7. The summed E-state index contributed by atoms with van der Waals surface area (Å²) in [5.74, 6) is 0.950. The predicted octanol–water partition coefficient (Wildman–Crippen LogP) is 2.95. The van der Waals surface area contributed by atoms with E-state index >= 15 is 0 Å². The van der Waals surface area contributed by atoms with Gasteiger partial charge in [-0.15, -0.1) is 0 Å². The molecule has 0 radical (unpaired) electrons. The number of ether oxygens (including phenoxy) is 1. The van der Waals surface area contributed by atoms with Gasteiger partial charge in [-0.1, -0.05) is 19.1 Å². The lowest BCUT2D eigenvalue weighted by molar-refractivity contribution is 0.242. The van der Waals surface area contributed by atoms with E-state index in [1.807, 2.05) is 19.9 Å². The van der Waals surface area contributed by atoms with Crippen molar-refractivity contribution >= 4 is 0 Å². The van der Waals surface area contributed by atoms with Crippen LogP contribution in [-0.2, 0) is 6.54 Å². The van der Waals surface area contributed by atoms with E-state index in [2.05, 4.69) is 42.7 Å². The molecule has 0 aliphatic heterocycles. The maximum Gasteiger partial charge on any atom is 0.120 e. The van der Waals surface area contributed by atoms with Gasteiger partial charge >= 0.3 is 0 Å². The normalized spacial score (nSPS) is 12.7. The smallest absolute Gasteiger partial charge is 0.120 e. The van der Waals surface area contributed by atoms with Crippen LogP contribution >= 0.6 is 0 Å². The second-order valence-electron chi connectivity index (χ2n) is 5.30. The maximum absolute atomic E-state index is 5.70. The first-order valence-corrected chi connectivity index (χ1v) is 7.31. The third kappa shape index (κ3) is 7.19. The Labute approximate surface area is 117 Å². The lowest BCUT2D eigenvalue weighted by Gasteiger charge is -2.15. The lowest BCUT2D eigenvalue weighted by Crippen LogP contribution is -2.36. The van der Waals surface area contributed by atoms with Crippen molar-refractivity contribution in [2.45, 2.75) is 52.8 Å². The van der Waals surface area contributed by atoms with Crippen LogP contribution in [0, 0.1) is 0 Å². The Morgan fingerprint density at radius 1 is 1.21 bits per heavy atom. The molecule has 0 amide bonds. The number of nitrogens with one attached hydrogen (secondary N) is 2. The van der Waals surface area contributed by atoms with Crippen molar-refractivity contribution in [2.24, 2.45) is 0 Å². The van der Waals surface area contributed by atoms with E-state index in [1.54, 1.807) is 0 Å². The molecule has 0 fully saturated rings. The minimum Gasteiger partial charge on any atom is -0.491 e. The van der Waals surface area contributed by atoms with Crippen LogP contribution in [0.15, 0.2) is 24.3 Å². The zero-order chi connectivity index (χ0) is 14.1. The van der Waals surface area contributed by atoms with Crippen molar-refractivity contribution in [3.63, 3.8) is 0 Å². The van der Waals surface area contributed by atoms with Gasteiger partial charge in [-0.2, -0.15) is 0 Å². The lowest BCUT2D eigenvalue weighted by atomic mass is 10.2. The first-order valence-electron chi connectivity index (χ1n) is 7.31. The fourth-order valence-corrected chi connectivity index (χ4v) is 1.86. The molecule has 108 valence electrons. The average Bonchev–Trinajstić information content (AvgIpc) is 2.36. The summed E-state index contributed by atoms with van der Waals surface area (Å²) in [6.07, 6.45) is 1.40. The highest BCUT2D eigenvalue weighted by atomic mass is 16.5. The van der Waals surface area contributed by atoms with E-state index in [0.29, 0.717) is 6.04 Å². The van der Waals surface area contributed by atoms with Crippen LogP contribution in [0.25, 0.3) is 0 Å². The Balaban J connectivity index is 2.35. The van der Waals surface area contributed by atoms with E-state index in [1.165, 1.54) is 12.0 Å². The van der Waals surface area contributed by atoms with Crippen molar-refractivity contribution in [1.82, 2.24) is 10.6 Å². The van der Waals surface area contributed by atoms with Crippen molar-refractivity contribution in [3.8, 4) is 5.75 Å². The van der Waals surface area contributed by atoms with Crippen LogP contribution in [0.5, 0.6) is 5.75 Å². The largest absolute Gasteiger partial charge is 0.491 e. The molecular formula is C16H28N2O. The molecule has 0 saturated heterocycles. The number of hydrogen-bond donors (Lipinski definition) is 2. The van der Waals surface area contributed by atoms with Crippen molar-refractivity contribution in [1.29, 1.82) is 0 Å². The quantitative estimate of drug-likeness (QED) is 0.673. The summed E-state index contributed by atoms with van der Waals surface area (Å²) >= 11 is 0. The molecule has 0 heterocycles. The van der Waals surface area contributed by atoms with E-state index in [9.17, 15) is 0 Å². The molecular weight excluding hydrogens is 236 g/mol. The van der Waals surface area contributed by atoms with Crippen LogP contribution in [0.4, 0.5) is 0 Å². The molecule has 0 saturated carbocycles. The molecule has 1 atom stereocenters. The Hall–Kier alpha value is -1.06. The zero-order valence-corrected chi connectivity index (χ0v) is 12.7. The maximum atomic E-state index is 5.70. The minimum absolute atomic E-state index is 0.223. The fraction of sp³-hybridized carbons (Fsp3) is 0.625. The summed E-state index contributed by atoms with van der Waals surface area (Å²) in [7, 11) is 0. The van der Waals surface area contributed by atoms with E-state index < -0.39 is 0 Å². The molecule has 1 rings (SSSR count). The van der Waals surface area contributed by atoms with Crippen LogP contribution in [0.2, 0.25) is 0 Å². The van der Waals surface area contributed by atoms with Gasteiger partial charge in [0.1, 0.15) is 5.75 Å². The highest BCUT2D eigenvalue weighted by Gasteiger charge is 2.02. The second-order valence-corrected chi connectivity index (χ2v) is 5.30. The van der Waals surface area contributed by atoms with E-state index in [4.69, 9.17) is 4.74 Å². The van der Waals surface area contributed by atoms with Gasteiger partial charge in [0, 0.05) is 19.1 Å². The van der Waals surface area contributed by atoms with Gasteiger partial charge in [-0.3, -0.25) is 0 Å². The third-order valence-corrected chi connectivity index (χ3v) is 2.80. The van der Waals surface area contributed by atoms with Gasteiger partial charge in [-0.25, -0.2) is 0 Å². The Kier molecular flexibility index (Phi) is 7.53. The average molecular weight is 264 g/mol. The first-order chi connectivity index (χ1) is 9.11. The Morgan fingerprint density at radius 2 is 2.00 bits per heavy atom. The summed E-state index contributed by atoms with van der Waals surface area (Å²) in [5, 5.41) is 6.94. The van der Waals surface area contributed by atoms with Crippen LogP contribution in [0.1, 0.15) is 39.7 Å². The number of rotatable bonds is 9. The number of benzene rings is 1. The van der Waals surface area contributed by atoms with Crippen LogP contribution < -0.4 is 15.4 Å². The van der Waals surface area contributed by atoms with E-state index in [-0.39, 0.29) is 6.10 Å². The molecule has 1 aromatic rings. The summed E-state index contributed by atoms with van der Waals surface area (Å²) in [4.78, 5) is 0. The third-order valence-electron chi connectivity index (χ3n) is 2.80. The van der Waals surface area contributed by atoms with Gasteiger partial charge in [0.25, 0.3) is 0 Å². The first kappa shape index (κ1) is 16.0. The van der Waals surface area contributed by atoms with Crippen LogP contribution in [-0.4, -0.2) is 25.2 Å². The SMILES string of the molecule is CCCNCC(C)NCc1cccc(OC(C)C)c1. The molecule has 1 unspecified atom stereocenters. The number of hydrogen-bond acceptors (Lipinski definition) is 3. The molecule has 0 aromatic heterocycles. The fourth-order valence-electron chi connectivity index (χ4n) is 1.86. The molecule has 3 nitrogen and oxygen atoms in total. The summed E-state index contributed by atoms with van der Waals surface area (Å²) < 4.78 is 5.70. The van der Waals surface area contributed by atoms with E-state index in [0.717, 1.165) is 25.4 Å². The van der Waals surface area contributed by atoms with Gasteiger partial charge in [-0.05, 0) is 51.4 Å². The van der Waals surface area contributed by atoms with Crippen molar-refractivity contribution in [2.75, 3.05) is 13.1 Å². The van der Waals surface area contributed by atoms with Gasteiger partial charge in [0.15, 0.2) is 0 Å². The molecule has 0 spiro atoms. The molecule has 0 aliphatic rings. The predicted molar refractivity (Wildman–Crippen MR) is 81.7 cm³/mol. The molecule has 0 bridgehead atoms. The highest BCUT2D eigenvalue weighted by molar-refractivity contribution is 5.28. The molecule has 3 heteroatoms. The molecule has 19 heavy (non-hydrogen) atoms. The highest BCUT2D eigenvalue weighted by Crippen LogP contribution is 2.14. The summed E-state index contributed by atoms with van der Waals surface area (Å²) in [5.41, 5.74) is 1.26. The summed E-state index contributed by atoms with van der Waals surface area (Å²) in [6.45, 7) is 11.5. The van der Waals surface area contributed by atoms with Gasteiger partial charge in [0.2, 0.25) is 0 Å².